The number of rotatable bonds is 5. The molecule has 0 unspecified atom stereocenters. The van der Waals surface area contributed by atoms with E-state index in [1.807, 2.05) is 54.6 Å². The van der Waals surface area contributed by atoms with Crippen LogP contribution in [0.5, 0.6) is 11.5 Å². The van der Waals surface area contributed by atoms with E-state index in [9.17, 15) is 4.79 Å². The zero-order valence-corrected chi connectivity index (χ0v) is 13.7. The van der Waals surface area contributed by atoms with E-state index in [2.05, 4.69) is 0 Å². The largest absolute Gasteiger partial charge is 0.497 e. The summed E-state index contributed by atoms with van der Waals surface area (Å²) in [7, 11) is 3.20. The third-order valence-electron chi connectivity index (χ3n) is 3.89. The molecule has 0 fully saturated rings. The molecule has 0 amide bonds. The highest BCUT2D eigenvalue weighted by atomic mass is 16.5. The van der Waals surface area contributed by atoms with Crippen molar-refractivity contribution in [3.8, 4) is 11.5 Å². The molecule has 3 heteroatoms. The number of ketones is 1. The summed E-state index contributed by atoms with van der Waals surface area (Å²) in [5.41, 5.74) is 1.49. The molecule has 0 saturated carbocycles. The van der Waals surface area contributed by atoms with Gasteiger partial charge in [-0.25, -0.2) is 0 Å². The van der Waals surface area contributed by atoms with Gasteiger partial charge in [-0.3, -0.25) is 4.79 Å². The summed E-state index contributed by atoms with van der Waals surface area (Å²) < 4.78 is 10.5. The molecule has 0 aliphatic rings. The van der Waals surface area contributed by atoms with Gasteiger partial charge in [0, 0.05) is 17.2 Å². The first-order valence-corrected chi connectivity index (χ1v) is 7.64. The predicted molar refractivity (Wildman–Crippen MR) is 96.9 cm³/mol. The van der Waals surface area contributed by atoms with Crippen molar-refractivity contribution in [3.63, 3.8) is 0 Å². The van der Waals surface area contributed by atoms with Gasteiger partial charge in [-0.05, 0) is 41.1 Å². The smallest absolute Gasteiger partial charge is 0.185 e. The maximum Gasteiger partial charge on any atom is 0.185 e. The number of allylic oxidation sites excluding steroid dienone is 1. The summed E-state index contributed by atoms with van der Waals surface area (Å²) in [5, 5.41) is 2.17. The first-order valence-electron chi connectivity index (χ1n) is 7.64. The molecular weight excluding hydrogens is 300 g/mol. The van der Waals surface area contributed by atoms with Crippen LogP contribution in [0.4, 0.5) is 0 Å². The first-order chi connectivity index (χ1) is 11.7. The van der Waals surface area contributed by atoms with Gasteiger partial charge in [0.1, 0.15) is 11.5 Å². The van der Waals surface area contributed by atoms with E-state index in [0.29, 0.717) is 17.1 Å². The minimum Gasteiger partial charge on any atom is -0.497 e. The van der Waals surface area contributed by atoms with Gasteiger partial charge in [0.05, 0.1) is 14.2 Å². The molecule has 3 aromatic carbocycles. The zero-order valence-electron chi connectivity index (χ0n) is 13.7. The Kier molecular flexibility index (Phi) is 4.62. The van der Waals surface area contributed by atoms with E-state index in [1.165, 1.54) is 0 Å². The van der Waals surface area contributed by atoms with Gasteiger partial charge in [0.25, 0.3) is 0 Å². The van der Waals surface area contributed by atoms with Crippen molar-refractivity contribution in [2.24, 2.45) is 0 Å². The Hall–Kier alpha value is -3.07. The third kappa shape index (κ3) is 3.30. The molecule has 120 valence electrons. The lowest BCUT2D eigenvalue weighted by atomic mass is 10.0. The van der Waals surface area contributed by atoms with Crippen molar-refractivity contribution >= 4 is 22.6 Å². The molecule has 0 aliphatic carbocycles. The van der Waals surface area contributed by atoms with Crippen molar-refractivity contribution in [2.75, 3.05) is 14.2 Å². The molecular formula is C21H18O3. The van der Waals surface area contributed by atoms with Crippen LogP contribution in [0.2, 0.25) is 0 Å². The average molecular weight is 318 g/mol. The quantitative estimate of drug-likeness (QED) is 0.503. The third-order valence-corrected chi connectivity index (χ3v) is 3.89. The molecule has 0 aliphatic heterocycles. The van der Waals surface area contributed by atoms with Gasteiger partial charge < -0.3 is 9.47 Å². The summed E-state index contributed by atoms with van der Waals surface area (Å²) >= 11 is 0. The van der Waals surface area contributed by atoms with E-state index in [4.69, 9.17) is 9.47 Å². The number of carbonyl (C=O) groups is 1. The maximum atomic E-state index is 12.4. The second-order valence-electron chi connectivity index (χ2n) is 5.37. The van der Waals surface area contributed by atoms with Crippen LogP contribution < -0.4 is 9.47 Å². The van der Waals surface area contributed by atoms with Crippen LogP contribution in [-0.4, -0.2) is 20.0 Å². The summed E-state index contributed by atoms with van der Waals surface area (Å²) in [4.78, 5) is 12.4. The molecule has 0 saturated heterocycles. The number of fused-ring (bicyclic) bond motifs is 1. The SMILES string of the molecule is COc1ccc(/C=C/C(=O)c2ccc3ccccc3c2)c(OC)c1. The first kappa shape index (κ1) is 15.8. The van der Waals surface area contributed by atoms with Crippen molar-refractivity contribution in [2.45, 2.75) is 0 Å². The fraction of sp³-hybridized carbons (Fsp3) is 0.0952. The molecule has 3 nitrogen and oxygen atoms in total. The molecule has 0 heterocycles. The molecule has 3 rings (SSSR count). The highest BCUT2D eigenvalue weighted by Gasteiger charge is 2.05. The highest BCUT2D eigenvalue weighted by Crippen LogP contribution is 2.26. The van der Waals surface area contributed by atoms with Crippen molar-refractivity contribution in [1.82, 2.24) is 0 Å². The Balaban J connectivity index is 1.86. The average Bonchev–Trinajstić information content (AvgIpc) is 2.65. The standard InChI is InChI=1S/C21H18O3/c1-23-19-11-9-16(21(14-19)24-2)10-12-20(22)18-8-7-15-5-3-4-6-17(15)13-18/h3-14H,1-2H3/b12-10+. The van der Waals surface area contributed by atoms with Crippen LogP contribution in [0, 0.1) is 0 Å². The number of hydrogen-bond donors (Lipinski definition) is 0. The van der Waals surface area contributed by atoms with Crippen molar-refractivity contribution in [1.29, 1.82) is 0 Å². The van der Waals surface area contributed by atoms with Gasteiger partial charge in [-0.2, -0.15) is 0 Å². The van der Waals surface area contributed by atoms with Crippen LogP contribution in [0.1, 0.15) is 15.9 Å². The van der Waals surface area contributed by atoms with Crippen LogP contribution in [0.25, 0.3) is 16.8 Å². The summed E-state index contributed by atoms with van der Waals surface area (Å²) in [6.07, 6.45) is 3.32. The van der Waals surface area contributed by atoms with Gasteiger partial charge in [-0.15, -0.1) is 0 Å². The zero-order chi connectivity index (χ0) is 16.9. The van der Waals surface area contributed by atoms with Gasteiger partial charge in [0.15, 0.2) is 5.78 Å². The normalized spacial score (nSPS) is 10.9. The number of methoxy groups -OCH3 is 2. The summed E-state index contributed by atoms with van der Waals surface area (Å²) in [5.74, 6) is 1.33. The molecule has 0 atom stereocenters. The number of carbonyl (C=O) groups excluding carboxylic acids is 1. The van der Waals surface area contributed by atoms with Crippen molar-refractivity contribution in [3.05, 3.63) is 77.9 Å². The lowest BCUT2D eigenvalue weighted by Gasteiger charge is -2.07. The molecule has 0 N–H and O–H groups in total. The van der Waals surface area contributed by atoms with Gasteiger partial charge >= 0.3 is 0 Å². The monoisotopic (exact) mass is 318 g/mol. The van der Waals surface area contributed by atoms with Crippen molar-refractivity contribution < 1.29 is 14.3 Å². The summed E-state index contributed by atoms with van der Waals surface area (Å²) in [6, 6.07) is 19.2. The van der Waals surface area contributed by atoms with Crippen LogP contribution in [0.15, 0.2) is 66.7 Å². The maximum absolute atomic E-state index is 12.4. The Labute approximate surface area is 141 Å². The predicted octanol–water partition coefficient (Wildman–Crippen LogP) is 4.75. The fourth-order valence-electron chi connectivity index (χ4n) is 2.56. The van der Waals surface area contributed by atoms with E-state index in [-0.39, 0.29) is 5.78 Å². The fourth-order valence-corrected chi connectivity index (χ4v) is 2.56. The second-order valence-corrected chi connectivity index (χ2v) is 5.37. The molecule has 0 radical (unpaired) electrons. The Bertz CT molecular complexity index is 910. The van der Waals surface area contributed by atoms with E-state index in [0.717, 1.165) is 16.3 Å². The Morgan fingerprint density at radius 3 is 2.42 bits per heavy atom. The van der Waals surface area contributed by atoms with E-state index >= 15 is 0 Å². The highest BCUT2D eigenvalue weighted by molar-refractivity contribution is 6.08. The Morgan fingerprint density at radius 2 is 1.67 bits per heavy atom. The molecule has 24 heavy (non-hydrogen) atoms. The summed E-state index contributed by atoms with van der Waals surface area (Å²) in [6.45, 7) is 0. The number of hydrogen-bond acceptors (Lipinski definition) is 3. The van der Waals surface area contributed by atoms with E-state index < -0.39 is 0 Å². The lowest BCUT2D eigenvalue weighted by molar-refractivity contribution is 0.104. The van der Waals surface area contributed by atoms with Crippen LogP contribution in [0.3, 0.4) is 0 Å². The van der Waals surface area contributed by atoms with Gasteiger partial charge in [0.2, 0.25) is 0 Å². The number of benzene rings is 3. The molecule has 3 aromatic rings. The molecule has 0 aromatic heterocycles. The minimum atomic E-state index is -0.0429. The molecule has 0 spiro atoms. The topological polar surface area (TPSA) is 35.5 Å². The van der Waals surface area contributed by atoms with Crippen LogP contribution in [-0.2, 0) is 0 Å². The minimum absolute atomic E-state index is 0.0429. The number of ether oxygens (including phenoxy) is 2. The van der Waals surface area contributed by atoms with Gasteiger partial charge in [-0.1, -0.05) is 36.4 Å². The Morgan fingerprint density at radius 1 is 0.875 bits per heavy atom. The second kappa shape index (κ2) is 7.01. The van der Waals surface area contributed by atoms with E-state index in [1.54, 1.807) is 32.4 Å². The molecule has 0 bridgehead atoms. The van der Waals surface area contributed by atoms with Crippen LogP contribution >= 0.6 is 0 Å². The lowest BCUT2D eigenvalue weighted by Crippen LogP contribution is -1.94.